The Morgan fingerprint density at radius 1 is 1.37 bits per heavy atom. The third-order valence-corrected chi connectivity index (χ3v) is 3.60. The number of rotatable bonds is 5. The van der Waals surface area contributed by atoms with Crippen LogP contribution in [0.4, 0.5) is 0 Å². The number of ether oxygens (including phenoxy) is 1. The summed E-state index contributed by atoms with van der Waals surface area (Å²) in [5.41, 5.74) is 1.28. The fraction of sp³-hybridized carbons (Fsp3) is 0.533. The van der Waals surface area contributed by atoms with E-state index in [1.807, 2.05) is 19.2 Å². The molecule has 1 saturated heterocycles. The van der Waals surface area contributed by atoms with E-state index in [-0.39, 0.29) is 0 Å². The van der Waals surface area contributed by atoms with Gasteiger partial charge in [0, 0.05) is 26.3 Å². The molecule has 0 atom stereocenters. The molecule has 0 bridgehead atoms. The zero-order valence-electron chi connectivity index (χ0n) is 11.3. The summed E-state index contributed by atoms with van der Waals surface area (Å²) < 4.78 is 5.35. The number of carboxylic acid groups (broad SMARTS) is 1. The van der Waals surface area contributed by atoms with Crippen LogP contribution >= 0.6 is 0 Å². The highest BCUT2D eigenvalue weighted by atomic mass is 16.5. The molecular weight excluding hydrogens is 242 g/mol. The maximum Gasteiger partial charge on any atom is 0.336 e. The average Bonchev–Trinajstić information content (AvgIpc) is 2.40. The molecule has 0 aliphatic carbocycles. The highest BCUT2D eigenvalue weighted by Gasteiger charge is 2.17. The number of aromatic carboxylic acids is 1. The Labute approximate surface area is 114 Å². The average molecular weight is 263 g/mol. The molecule has 1 aliphatic rings. The van der Waals surface area contributed by atoms with E-state index in [0.717, 1.165) is 38.2 Å². The van der Waals surface area contributed by atoms with Crippen LogP contribution < -0.4 is 0 Å². The topological polar surface area (TPSA) is 49.8 Å². The van der Waals surface area contributed by atoms with Crippen molar-refractivity contribution in [3.8, 4) is 0 Å². The number of hydrogen-bond donors (Lipinski definition) is 1. The molecule has 4 nitrogen and oxygen atoms in total. The first-order valence-corrected chi connectivity index (χ1v) is 6.74. The second-order valence-corrected chi connectivity index (χ2v) is 5.21. The molecular formula is C15H21NO3. The highest BCUT2D eigenvalue weighted by molar-refractivity contribution is 5.89. The van der Waals surface area contributed by atoms with Gasteiger partial charge in [0.05, 0.1) is 5.56 Å². The molecule has 1 N–H and O–H groups in total. The summed E-state index contributed by atoms with van der Waals surface area (Å²) in [6.07, 6.45) is 2.20. The maximum atomic E-state index is 11.2. The summed E-state index contributed by atoms with van der Waals surface area (Å²) in [4.78, 5) is 13.4. The number of carboxylic acids is 1. The fourth-order valence-electron chi connectivity index (χ4n) is 2.59. The molecule has 19 heavy (non-hydrogen) atoms. The SMILES string of the molecule is CN(Cc1ccccc1C(=O)O)CC1CCOCC1. The second-order valence-electron chi connectivity index (χ2n) is 5.21. The Morgan fingerprint density at radius 2 is 2.05 bits per heavy atom. The van der Waals surface area contributed by atoms with Crippen LogP contribution in [0, 0.1) is 5.92 Å². The van der Waals surface area contributed by atoms with Crippen LogP contribution in [0.25, 0.3) is 0 Å². The normalized spacial score (nSPS) is 16.7. The molecule has 1 aliphatic heterocycles. The summed E-state index contributed by atoms with van der Waals surface area (Å²) in [6.45, 7) is 3.38. The Balaban J connectivity index is 1.94. The molecule has 2 rings (SSSR count). The Morgan fingerprint density at radius 3 is 2.74 bits per heavy atom. The third-order valence-electron chi connectivity index (χ3n) is 3.60. The zero-order chi connectivity index (χ0) is 13.7. The number of benzene rings is 1. The van der Waals surface area contributed by atoms with E-state index in [0.29, 0.717) is 18.0 Å². The minimum atomic E-state index is -0.852. The van der Waals surface area contributed by atoms with E-state index in [1.165, 1.54) is 0 Å². The number of carbonyl (C=O) groups is 1. The van der Waals surface area contributed by atoms with Crippen LogP contribution in [0.1, 0.15) is 28.8 Å². The second kappa shape index (κ2) is 6.68. The summed E-state index contributed by atoms with van der Waals surface area (Å²) in [6, 6.07) is 7.22. The molecule has 1 fully saturated rings. The van der Waals surface area contributed by atoms with Crippen molar-refractivity contribution in [2.24, 2.45) is 5.92 Å². The van der Waals surface area contributed by atoms with Gasteiger partial charge in [-0.1, -0.05) is 18.2 Å². The molecule has 0 spiro atoms. The molecule has 1 heterocycles. The van der Waals surface area contributed by atoms with Gasteiger partial charge >= 0.3 is 5.97 Å². The smallest absolute Gasteiger partial charge is 0.336 e. The monoisotopic (exact) mass is 263 g/mol. The van der Waals surface area contributed by atoms with Gasteiger partial charge in [-0.3, -0.25) is 0 Å². The van der Waals surface area contributed by atoms with E-state index >= 15 is 0 Å². The van der Waals surface area contributed by atoms with Gasteiger partial charge in [0.2, 0.25) is 0 Å². The van der Waals surface area contributed by atoms with Crippen molar-refractivity contribution in [1.82, 2.24) is 4.90 Å². The van der Waals surface area contributed by atoms with Gasteiger partial charge in [0.15, 0.2) is 0 Å². The van der Waals surface area contributed by atoms with Crippen molar-refractivity contribution >= 4 is 5.97 Å². The largest absolute Gasteiger partial charge is 0.478 e. The third kappa shape index (κ3) is 4.04. The quantitative estimate of drug-likeness (QED) is 0.885. The van der Waals surface area contributed by atoms with E-state index in [4.69, 9.17) is 9.84 Å². The molecule has 1 aromatic rings. The molecule has 0 amide bonds. The van der Waals surface area contributed by atoms with E-state index in [9.17, 15) is 4.79 Å². The van der Waals surface area contributed by atoms with Crippen molar-refractivity contribution in [3.63, 3.8) is 0 Å². The van der Waals surface area contributed by atoms with Crippen LogP contribution in [0.15, 0.2) is 24.3 Å². The van der Waals surface area contributed by atoms with E-state index in [2.05, 4.69) is 4.90 Å². The van der Waals surface area contributed by atoms with Gasteiger partial charge in [0.25, 0.3) is 0 Å². The standard InChI is InChI=1S/C15H21NO3/c1-16(10-12-6-8-19-9-7-12)11-13-4-2-3-5-14(13)15(17)18/h2-5,12H,6-11H2,1H3,(H,17,18). The van der Waals surface area contributed by atoms with Crippen LogP contribution in [-0.2, 0) is 11.3 Å². The van der Waals surface area contributed by atoms with Crippen LogP contribution in [-0.4, -0.2) is 42.8 Å². The van der Waals surface area contributed by atoms with Gasteiger partial charge in [-0.2, -0.15) is 0 Å². The van der Waals surface area contributed by atoms with Gasteiger partial charge in [0.1, 0.15) is 0 Å². The molecule has 0 radical (unpaired) electrons. The van der Waals surface area contributed by atoms with Gasteiger partial charge < -0.3 is 14.7 Å². The first-order valence-electron chi connectivity index (χ1n) is 6.74. The summed E-state index contributed by atoms with van der Waals surface area (Å²) in [7, 11) is 2.05. The lowest BCUT2D eigenvalue weighted by Crippen LogP contribution is -2.29. The summed E-state index contributed by atoms with van der Waals surface area (Å²) in [5.74, 6) is -0.189. The molecule has 0 aromatic heterocycles. The predicted molar refractivity (Wildman–Crippen MR) is 73.3 cm³/mol. The first-order chi connectivity index (χ1) is 9.16. The summed E-state index contributed by atoms with van der Waals surface area (Å²) in [5, 5.41) is 9.16. The van der Waals surface area contributed by atoms with Crippen LogP contribution in [0.3, 0.4) is 0 Å². The lowest BCUT2D eigenvalue weighted by atomic mass is 9.99. The van der Waals surface area contributed by atoms with E-state index < -0.39 is 5.97 Å². The summed E-state index contributed by atoms with van der Waals surface area (Å²) >= 11 is 0. The molecule has 1 aromatic carbocycles. The van der Waals surface area contributed by atoms with Crippen molar-refractivity contribution < 1.29 is 14.6 Å². The van der Waals surface area contributed by atoms with Crippen LogP contribution in [0.2, 0.25) is 0 Å². The van der Waals surface area contributed by atoms with Gasteiger partial charge in [-0.25, -0.2) is 4.79 Å². The van der Waals surface area contributed by atoms with Crippen molar-refractivity contribution in [2.45, 2.75) is 19.4 Å². The van der Waals surface area contributed by atoms with Gasteiger partial charge in [-0.15, -0.1) is 0 Å². The molecule has 0 unspecified atom stereocenters. The van der Waals surface area contributed by atoms with Gasteiger partial charge in [-0.05, 0) is 37.4 Å². The lowest BCUT2D eigenvalue weighted by molar-refractivity contribution is 0.0548. The molecule has 104 valence electrons. The number of hydrogen-bond acceptors (Lipinski definition) is 3. The van der Waals surface area contributed by atoms with E-state index in [1.54, 1.807) is 12.1 Å². The van der Waals surface area contributed by atoms with Crippen molar-refractivity contribution in [1.29, 1.82) is 0 Å². The Kier molecular flexibility index (Phi) is 4.93. The maximum absolute atomic E-state index is 11.2. The first kappa shape index (κ1) is 14.0. The molecule has 4 heteroatoms. The minimum Gasteiger partial charge on any atom is -0.478 e. The lowest BCUT2D eigenvalue weighted by Gasteiger charge is -2.27. The van der Waals surface area contributed by atoms with Crippen LogP contribution in [0.5, 0.6) is 0 Å². The molecule has 0 saturated carbocycles. The van der Waals surface area contributed by atoms with Crippen molar-refractivity contribution in [3.05, 3.63) is 35.4 Å². The Bertz CT molecular complexity index is 427. The highest BCUT2D eigenvalue weighted by Crippen LogP contribution is 2.17. The Hall–Kier alpha value is -1.39. The van der Waals surface area contributed by atoms with Crippen molar-refractivity contribution in [2.75, 3.05) is 26.8 Å². The minimum absolute atomic E-state index is 0.404. The number of nitrogens with zero attached hydrogens (tertiary/aromatic N) is 1. The predicted octanol–water partition coefficient (Wildman–Crippen LogP) is 2.24. The zero-order valence-corrected chi connectivity index (χ0v) is 11.3. The fourth-order valence-corrected chi connectivity index (χ4v) is 2.59.